The molecule has 0 heterocycles. The zero-order chi connectivity index (χ0) is 11.8. The Hall–Kier alpha value is -0.570. The van der Waals surface area contributed by atoms with Crippen LogP contribution in [-0.4, -0.2) is 23.7 Å². The highest BCUT2D eigenvalue weighted by molar-refractivity contribution is 5.73. The molecule has 0 spiro atoms. The van der Waals surface area contributed by atoms with E-state index in [0.717, 1.165) is 25.8 Å². The number of hydrogen-bond acceptors (Lipinski definition) is 2. The highest BCUT2D eigenvalue weighted by Crippen LogP contribution is 2.11. The van der Waals surface area contributed by atoms with Gasteiger partial charge in [0.25, 0.3) is 0 Å². The van der Waals surface area contributed by atoms with Crippen LogP contribution in [0.25, 0.3) is 0 Å². The lowest BCUT2D eigenvalue weighted by atomic mass is 9.97. The Balaban J connectivity index is 4.12. The Morgan fingerprint density at radius 1 is 1.20 bits per heavy atom. The first-order valence-corrected chi connectivity index (χ1v) is 6.02. The standard InChI is InChI=1S/C12H25NO2/c1-5-9(4)11(12(14)15)13-8-10(6-2)7-3/h9-11,13H,5-8H2,1-4H3,(H,14,15)/t9-,11-/m0/s1. The molecule has 0 aromatic carbocycles. The molecule has 0 amide bonds. The van der Waals surface area contributed by atoms with Crippen LogP contribution in [0, 0.1) is 11.8 Å². The molecule has 0 saturated carbocycles. The fourth-order valence-electron chi connectivity index (χ4n) is 1.64. The van der Waals surface area contributed by atoms with E-state index in [0.29, 0.717) is 5.92 Å². The van der Waals surface area contributed by atoms with Gasteiger partial charge in [0.15, 0.2) is 0 Å². The van der Waals surface area contributed by atoms with E-state index in [-0.39, 0.29) is 5.92 Å². The van der Waals surface area contributed by atoms with Crippen LogP contribution in [0.4, 0.5) is 0 Å². The number of rotatable bonds is 8. The summed E-state index contributed by atoms with van der Waals surface area (Å²) in [7, 11) is 0. The smallest absolute Gasteiger partial charge is 0.320 e. The van der Waals surface area contributed by atoms with Gasteiger partial charge in [-0.2, -0.15) is 0 Å². The molecule has 0 unspecified atom stereocenters. The van der Waals surface area contributed by atoms with Crippen LogP contribution in [0.1, 0.15) is 47.0 Å². The molecule has 0 aliphatic rings. The Labute approximate surface area is 93.3 Å². The Bertz CT molecular complexity index is 178. The van der Waals surface area contributed by atoms with E-state index in [9.17, 15) is 4.79 Å². The largest absolute Gasteiger partial charge is 0.480 e. The van der Waals surface area contributed by atoms with Crippen molar-refractivity contribution in [1.82, 2.24) is 5.32 Å². The monoisotopic (exact) mass is 215 g/mol. The summed E-state index contributed by atoms with van der Waals surface area (Å²) in [5, 5.41) is 12.2. The molecule has 2 atom stereocenters. The minimum absolute atomic E-state index is 0.192. The summed E-state index contributed by atoms with van der Waals surface area (Å²) in [5.41, 5.74) is 0. The first-order valence-electron chi connectivity index (χ1n) is 6.02. The van der Waals surface area contributed by atoms with E-state index in [1.54, 1.807) is 0 Å². The van der Waals surface area contributed by atoms with Gasteiger partial charge in [0.2, 0.25) is 0 Å². The maximum absolute atomic E-state index is 11.0. The third-order valence-electron chi connectivity index (χ3n) is 3.26. The van der Waals surface area contributed by atoms with Crippen molar-refractivity contribution in [3.05, 3.63) is 0 Å². The third-order valence-corrected chi connectivity index (χ3v) is 3.26. The number of carbonyl (C=O) groups is 1. The minimum atomic E-state index is -0.727. The molecule has 0 rings (SSSR count). The van der Waals surface area contributed by atoms with Gasteiger partial charge >= 0.3 is 5.97 Å². The number of hydrogen-bond donors (Lipinski definition) is 2. The Morgan fingerprint density at radius 2 is 1.73 bits per heavy atom. The van der Waals surface area contributed by atoms with Gasteiger partial charge in [-0.25, -0.2) is 0 Å². The fraction of sp³-hybridized carbons (Fsp3) is 0.917. The third kappa shape index (κ3) is 5.17. The number of aliphatic carboxylic acids is 1. The average molecular weight is 215 g/mol. The molecule has 0 aromatic heterocycles. The van der Waals surface area contributed by atoms with Gasteiger partial charge in [0.05, 0.1) is 0 Å². The highest BCUT2D eigenvalue weighted by Gasteiger charge is 2.23. The summed E-state index contributed by atoms with van der Waals surface area (Å²) >= 11 is 0. The lowest BCUT2D eigenvalue weighted by Gasteiger charge is -2.22. The van der Waals surface area contributed by atoms with Crippen LogP contribution in [-0.2, 0) is 4.79 Å². The molecule has 3 heteroatoms. The second kappa shape index (κ2) is 7.69. The summed E-state index contributed by atoms with van der Waals surface area (Å²) in [6.45, 7) is 9.12. The van der Waals surface area contributed by atoms with E-state index < -0.39 is 12.0 Å². The molecular weight excluding hydrogens is 190 g/mol. The first kappa shape index (κ1) is 14.4. The fourth-order valence-corrected chi connectivity index (χ4v) is 1.64. The maximum atomic E-state index is 11.0. The molecule has 0 saturated heterocycles. The molecule has 90 valence electrons. The summed E-state index contributed by atoms with van der Waals surface area (Å²) in [6, 6.07) is -0.393. The predicted molar refractivity (Wildman–Crippen MR) is 63.0 cm³/mol. The number of carboxylic acid groups (broad SMARTS) is 1. The van der Waals surface area contributed by atoms with Crippen LogP contribution < -0.4 is 5.32 Å². The number of nitrogens with one attached hydrogen (secondary N) is 1. The van der Waals surface area contributed by atoms with Gasteiger partial charge in [-0.05, 0) is 18.4 Å². The molecule has 2 N–H and O–H groups in total. The van der Waals surface area contributed by atoms with Crippen molar-refractivity contribution < 1.29 is 9.90 Å². The van der Waals surface area contributed by atoms with Crippen LogP contribution in [0.15, 0.2) is 0 Å². The molecule has 15 heavy (non-hydrogen) atoms. The van der Waals surface area contributed by atoms with Crippen molar-refractivity contribution in [2.75, 3.05) is 6.54 Å². The summed E-state index contributed by atoms with van der Waals surface area (Å²) in [6.07, 6.45) is 3.11. The predicted octanol–water partition coefficient (Wildman–Crippen LogP) is 2.51. The van der Waals surface area contributed by atoms with Gasteiger partial charge in [-0.3, -0.25) is 4.79 Å². The maximum Gasteiger partial charge on any atom is 0.320 e. The van der Waals surface area contributed by atoms with Crippen molar-refractivity contribution in [3.8, 4) is 0 Å². The lowest BCUT2D eigenvalue weighted by Crippen LogP contribution is -2.43. The van der Waals surface area contributed by atoms with Gasteiger partial charge in [-0.15, -0.1) is 0 Å². The van der Waals surface area contributed by atoms with Gasteiger partial charge < -0.3 is 10.4 Å². The topological polar surface area (TPSA) is 49.3 Å². The second-order valence-electron chi connectivity index (χ2n) is 4.29. The van der Waals surface area contributed by atoms with Crippen LogP contribution in [0.2, 0.25) is 0 Å². The Kier molecular flexibility index (Phi) is 7.39. The molecule has 0 aromatic rings. The van der Waals surface area contributed by atoms with E-state index in [2.05, 4.69) is 19.2 Å². The van der Waals surface area contributed by atoms with Gasteiger partial charge in [0.1, 0.15) is 6.04 Å². The van der Waals surface area contributed by atoms with Crippen molar-refractivity contribution in [1.29, 1.82) is 0 Å². The molecule has 0 radical (unpaired) electrons. The van der Waals surface area contributed by atoms with Crippen molar-refractivity contribution in [3.63, 3.8) is 0 Å². The van der Waals surface area contributed by atoms with Crippen molar-refractivity contribution in [2.45, 2.75) is 53.0 Å². The first-order chi connectivity index (χ1) is 7.06. The van der Waals surface area contributed by atoms with Crippen LogP contribution >= 0.6 is 0 Å². The molecule has 0 fully saturated rings. The minimum Gasteiger partial charge on any atom is -0.480 e. The molecule has 0 aliphatic heterocycles. The normalized spacial score (nSPS) is 15.3. The zero-order valence-corrected chi connectivity index (χ0v) is 10.4. The van der Waals surface area contributed by atoms with E-state index in [1.807, 2.05) is 13.8 Å². The average Bonchev–Trinajstić information content (AvgIpc) is 2.23. The molecule has 0 bridgehead atoms. The van der Waals surface area contributed by atoms with E-state index in [1.165, 1.54) is 0 Å². The molecule has 0 aliphatic carbocycles. The molecule has 3 nitrogen and oxygen atoms in total. The number of carboxylic acids is 1. The van der Waals surface area contributed by atoms with E-state index in [4.69, 9.17) is 5.11 Å². The van der Waals surface area contributed by atoms with Crippen LogP contribution in [0.3, 0.4) is 0 Å². The quantitative estimate of drug-likeness (QED) is 0.654. The van der Waals surface area contributed by atoms with Gasteiger partial charge in [0, 0.05) is 0 Å². The van der Waals surface area contributed by atoms with E-state index >= 15 is 0 Å². The summed E-state index contributed by atoms with van der Waals surface area (Å²) in [5.74, 6) is 0.0584. The lowest BCUT2D eigenvalue weighted by molar-refractivity contribution is -0.140. The van der Waals surface area contributed by atoms with Crippen molar-refractivity contribution >= 4 is 5.97 Å². The van der Waals surface area contributed by atoms with Crippen LogP contribution in [0.5, 0.6) is 0 Å². The zero-order valence-electron chi connectivity index (χ0n) is 10.4. The Morgan fingerprint density at radius 3 is 2.07 bits per heavy atom. The molecular formula is C12H25NO2. The SMILES string of the molecule is CCC(CC)CN[C@H](C(=O)O)[C@@H](C)CC. The second-order valence-corrected chi connectivity index (χ2v) is 4.29. The summed E-state index contributed by atoms with van der Waals surface area (Å²) < 4.78 is 0. The summed E-state index contributed by atoms with van der Waals surface area (Å²) in [4.78, 5) is 11.0. The highest BCUT2D eigenvalue weighted by atomic mass is 16.4. The van der Waals surface area contributed by atoms with Crippen molar-refractivity contribution in [2.24, 2.45) is 11.8 Å². The van der Waals surface area contributed by atoms with Gasteiger partial charge in [-0.1, -0.05) is 47.0 Å².